The maximum absolute atomic E-state index is 13.0. The average Bonchev–Trinajstić information content (AvgIpc) is 2.73. The molecule has 2 aromatic carbocycles. The lowest BCUT2D eigenvalue weighted by Gasteiger charge is -2.29. The molecule has 1 aliphatic rings. The molecule has 1 fully saturated rings. The van der Waals surface area contributed by atoms with Crippen molar-refractivity contribution in [2.24, 2.45) is 5.92 Å². The number of piperidine rings is 1. The van der Waals surface area contributed by atoms with Crippen molar-refractivity contribution in [3.8, 4) is 0 Å². The Morgan fingerprint density at radius 3 is 2.16 bits per heavy atom. The smallest absolute Gasteiger partial charge is 0.253 e. The van der Waals surface area contributed by atoms with E-state index in [0.29, 0.717) is 24.6 Å². The summed E-state index contributed by atoms with van der Waals surface area (Å²) in [4.78, 5) is 13.1. The van der Waals surface area contributed by atoms with Gasteiger partial charge < -0.3 is 5.32 Å². The number of halogens is 1. The van der Waals surface area contributed by atoms with Gasteiger partial charge in [0.25, 0.3) is 5.91 Å². The Bertz CT molecular complexity index is 1200. The average molecular weight is 499 g/mol. The number of sulfone groups is 1. The van der Waals surface area contributed by atoms with Gasteiger partial charge in [0.2, 0.25) is 10.0 Å². The molecule has 1 saturated heterocycles. The summed E-state index contributed by atoms with van der Waals surface area (Å²) < 4.78 is 50.8. The highest BCUT2D eigenvalue weighted by atomic mass is 35.5. The van der Waals surface area contributed by atoms with Crippen molar-refractivity contribution < 1.29 is 21.6 Å². The molecule has 0 aliphatic carbocycles. The van der Waals surface area contributed by atoms with Crippen molar-refractivity contribution >= 4 is 37.4 Å². The molecule has 1 amide bonds. The zero-order valence-corrected chi connectivity index (χ0v) is 20.6. The van der Waals surface area contributed by atoms with E-state index in [1.165, 1.54) is 34.6 Å². The first-order chi connectivity index (χ1) is 14.9. The van der Waals surface area contributed by atoms with Crippen molar-refractivity contribution in [2.75, 3.05) is 19.3 Å². The molecule has 7 nitrogen and oxygen atoms in total. The van der Waals surface area contributed by atoms with Gasteiger partial charge in [-0.15, -0.1) is 0 Å². The van der Waals surface area contributed by atoms with Crippen molar-refractivity contribution in [1.82, 2.24) is 9.62 Å². The first-order valence-electron chi connectivity index (χ1n) is 10.3. The summed E-state index contributed by atoms with van der Waals surface area (Å²) in [6, 6.07) is 9.91. The molecule has 0 aromatic heterocycles. The number of sulfonamides is 1. The van der Waals surface area contributed by atoms with E-state index in [2.05, 4.69) is 12.2 Å². The number of benzene rings is 2. The summed E-state index contributed by atoms with van der Waals surface area (Å²) in [7, 11) is -7.03. The zero-order chi connectivity index (χ0) is 23.7. The Morgan fingerprint density at radius 1 is 1.03 bits per heavy atom. The molecule has 0 radical (unpaired) electrons. The summed E-state index contributed by atoms with van der Waals surface area (Å²) in [6.45, 7) is 4.75. The Labute approximate surface area is 194 Å². The minimum absolute atomic E-state index is 0.0340. The third-order valence-electron chi connectivity index (χ3n) is 5.72. The second-order valence-corrected chi connectivity index (χ2v) is 12.6. The molecule has 10 heteroatoms. The highest BCUT2D eigenvalue weighted by molar-refractivity contribution is 7.90. The molecule has 174 valence electrons. The van der Waals surface area contributed by atoms with Gasteiger partial charge in [0, 0.05) is 19.3 Å². The van der Waals surface area contributed by atoms with Crippen LogP contribution in [0.25, 0.3) is 0 Å². The second kappa shape index (κ2) is 9.51. The van der Waals surface area contributed by atoms with Crippen LogP contribution in [0.5, 0.6) is 0 Å². The minimum atomic E-state index is -3.72. The van der Waals surface area contributed by atoms with Gasteiger partial charge in [0.1, 0.15) is 0 Å². The molecule has 1 N–H and O–H groups in total. The van der Waals surface area contributed by atoms with E-state index in [1.807, 2.05) is 0 Å². The van der Waals surface area contributed by atoms with E-state index in [4.69, 9.17) is 11.6 Å². The van der Waals surface area contributed by atoms with Gasteiger partial charge in [-0.3, -0.25) is 4.79 Å². The van der Waals surface area contributed by atoms with Crippen molar-refractivity contribution in [3.63, 3.8) is 0 Å². The van der Waals surface area contributed by atoms with Crippen LogP contribution in [0.4, 0.5) is 0 Å². The monoisotopic (exact) mass is 498 g/mol. The van der Waals surface area contributed by atoms with Crippen LogP contribution in [-0.2, 0) is 19.9 Å². The maximum Gasteiger partial charge on any atom is 0.253 e. The van der Waals surface area contributed by atoms with Gasteiger partial charge in [0.15, 0.2) is 9.84 Å². The van der Waals surface area contributed by atoms with E-state index in [-0.39, 0.29) is 20.4 Å². The molecular formula is C22H27ClN2O5S2. The van der Waals surface area contributed by atoms with E-state index < -0.39 is 31.8 Å². The molecule has 1 aliphatic heterocycles. The summed E-state index contributed by atoms with van der Waals surface area (Å²) in [5, 5.41) is 2.94. The quantitative estimate of drug-likeness (QED) is 0.655. The molecule has 3 rings (SSSR count). The van der Waals surface area contributed by atoms with Gasteiger partial charge in [-0.05, 0) is 61.6 Å². The summed E-state index contributed by atoms with van der Waals surface area (Å²) in [6.07, 6.45) is 2.73. The number of nitrogens with one attached hydrogen (secondary N) is 1. The molecule has 1 unspecified atom stereocenters. The third kappa shape index (κ3) is 5.51. The van der Waals surface area contributed by atoms with Crippen LogP contribution in [0.3, 0.4) is 0 Å². The number of nitrogens with zero attached hydrogens (tertiary/aromatic N) is 1. The fraction of sp³-hybridized carbons (Fsp3) is 0.409. The van der Waals surface area contributed by atoms with Crippen LogP contribution >= 0.6 is 11.6 Å². The highest BCUT2D eigenvalue weighted by Gasteiger charge is 2.29. The van der Waals surface area contributed by atoms with Gasteiger partial charge >= 0.3 is 0 Å². The lowest BCUT2D eigenvalue weighted by molar-refractivity contribution is 0.0939. The van der Waals surface area contributed by atoms with E-state index in [9.17, 15) is 21.6 Å². The minimum Gasteiger partial charge on any atom is -0.345 e. The fourth-order valence-electron chi connectivity index (χ4n) is 3.57. The SMILES string of the molecule is CC1CCN(S(=O)(=O)c2ccc(Cl)c(C(=O)NC(C)c3ccc(S(C)(=O)=O)cc3)c2)CC1. The molecule has 0 saturated carbocycles. The summed E-state index contributed by atoms with van der Waals surface area (Å²) in [5.74, 6) is -0.0278. The van der Waals surface area contributed by atoms with Crippen LogP contribution in [-0.4, -0.2) is 46.4 Å². The Balaban J connectivity index is 1.79. The summed E-state index contributed by atoms with van der Waals surface area (Å²) >= 11 is 6.21. The van der Waals surface area contributed by atoms with Gasteiger partial charge in [-0.25, -0.2) is 16.8 Å². The Morgan fingerprint density at radius 2 is 1.59 bits per heavy atom. The molecule has 32 heavy (non-hydrogen) atoms. The largest absolute Gasteiger partial charge is 0.345 e. The standard InChI is InChI=1S/C22H27ClN2O5S2/c1-15-10-12-25(13-11-15)32(29,30)19-8-9-21(23)20(14-19)22(26)24-16(2)17-4-6-18(7-5-17)31(3,27)28/h4-9,14-16H,10-13H2,1-3H3,(H,24,26). The molecule has 0 bridgehead atoms. The molecule has 0 spiro atoms. The summed E-state index contributed by atoms with van der Waals surface area (Å²) in [5.41, 5.74) is 0.769. The Kier molecular flexibility index (Phi) is 7.34. The van der Waals surface area contributed by atoms with Crippen molar-refractivity contribution in [3.05, 3.63) is 58.6 Å². The van der Waals surface area contributed by atoms with Crippen LogP contribution in [0.1, 0.15) is 48.7 Å². The van der Waals surface area contributed by atoms with Crippen molar-refractivity contribution in [2.45, 2.75) is 42.5 Å². The van der Waals surface area contributed by atoms with Crippen molar-refractivity contribution in [1.29, 1.82) is 0 Å². The fourth-order valence-corrected chi connectivity index (χ4v) is 5.90. The van der Waals surface area contributed by atoms with E-state index in [1.54, 1.807) is 19.1 Å². The Hall–Kier alpha value is -1.94. The zero-order valence-electron chi connectivity index (χ0n) is 18.2. The lowest BCUT2D eigenvalue weighted by atomic mass is 10.0. The lowest BCUT2D eigenvalue weighted by Crippen LogP contribution is -2.38. The molecule has 1 atom stereocenters. The van der Waals surface area contributed by atoms with Gasteiger partial charge in [-0.2, -0.15) is 4.31 Å². The third-order valence-corrected chi connectivity index (χ3v) is 9.07. The van der Waals surface area contributed by atoms with E-state index >= 15 is 0 Å². The first-order valence-corrected chi connectivity index (χ1v) is 14.0. The predicted molar refractivity (Wildman–Crippen MR) is 124 cm³/mol. The van der Waals surface area contributed by atoms with Crippen LogP contribution < -0.4 is 5.32 Å². The number of amides is 1. The normalized spacial score (nSPS) is 17.1. The molecule has 1 heterocycles. The van der Waals surface area contributed by atoms with Gasteiger partial charge in [0.05, 0.1) is 26.4 Å². The molecule has 2 aromatic rings. The number of hydrogen-bond acceptors (Lipinski definition) is 5. The number of hydrogen-bond donors (Lipinski definition) is 1. The molecular weight excluding hydrogens is 472 g/mol. The number of rotatable bonds is 6. The van der Waals surface area contributed by atoms with Crippen LogP contribution in [0.15, 0.2) is 52.3 Å². The van der Waals surface area contributed by atoms with Gasteiger partial charge in [-0.1, -0.05) is 30.7 Å². The van der Waals surface area contributed by atoms with E-state index in [0.717, 1.165) is 19.1 Å². The topological polar surface area (TPSA) is 101 Å². The maximum atomic E-state index is 13.0. The second-order valence-electron chi connectivity index (χ2n) is 8.26. The number of carbonyl (C=O) groups excluding carboxylic acids is 1. The highest BCUT2D eigenvalue weighted by Crippen LogP contribution is 2.27. The van der Waals surface area contributed by atoms with Crippen LogP contribution in [0.2, 0.25) is 5.02 Å². The first kappa shape index (κ1) is 24.7. The number of carbonyl (C=O) groups is 1. The van der Waals surface area contributed by atoms with Crippen LogP contribution in [0, 0.1) is 5.92 Å². The predicted octanol–water partition coefficient (Wildman–Crippen LogP) is 3.66.